The van der Waals surface area contributed by atoms with E-state index in [1.807, 2.05) is 12.1 Å². The molecule has 2 atom stereocenters. The summed E-state index contributed by atoms with van der Waals surface area (Å²) in [4.78, 5) is 0. The predicted octanol–water partition coefficient (Wildman–Crippen LogP) is 4.04. The molecule has 0 fully saturated rings. The van der Waals surface area contributed by atoms with Gasteiger partial charge in [-0.3, -0.25) is 0 Å². The van der Waals surface area contributed by atoms with E-state index in [0.717, 1.165) is 12.2 Å². The normalized spacial score (nSPS) is 14.1. The zero-order valence-corrected chi connectivity index (χ0v) is 12.5. The molecule has 0 spiro atoms. The zero-order valence-electron chi connectivity index (χ0n) is 11.7. The molecule has 2 rings (SSSR count). The lowest BCUT2D eigenvalue weighted by atomic mass is 10.1. The Kier molecular flexibility index (Phi) is 5.00. The fourth-order valence-corrected chi connectivity index (χ4v) is 2.92. The number of hydrogen-bond donors (Lipinski definition) is 1. The SMILES string of the molecule is COc1ccc(C(C)NC(C)Cc2ccsc2)cc1. The number of nitrogens with one attached hydrogen (secondary N) is 1. The molecule has 19 heavy (non-hydrogen) atoms. The number of methoxy groups -OCH3 is 1. The highest BCUT2D eigenvalue weighted by molar-refractivity contribution is 7.07. The first-order chi connectivity index (χ1) is 9.19. The summed E-state index contributed by atoms with van der Waals surface area (Å²) in [5.74, 6) is 0.905. The molecule has 2 aromatic rings. The minimum absolute atomic E-state index is 0.347. The third-order valence-corrected chi connectivity index (χ3v) is 4.00. The van der Waals surface area contributed by atoms with Crippen molar-refractivity contribution < 1.29 is 4.74 Å². The van der Waals surface area contributed by atoms with Gasteiger partial charge in [-0.1, -0.05) is 12.1 Å². The highest BCUT2D eigenvalue weighted by atomic mass is 32.1. The maximum absolute atomic E-state index is 5.18. The van der Waals surface area contributed by atoms with Gasteiger partial charge in [-0.05, 0) is 60.4 Å². The lowest BCUT2D eigenvalue weighted by Gasteiger charge is -2.20. The van der Waals surface area contributed by atoms with Crippen molar-refractivity contribution in [2.24, 2.45) is 0 Å². The van der Waals surface area contributed by atoms with E-state index in [-0.39, 0.29) is 0 Å². The van der Waals surface area contributed by atoms with Gasteiger partial charge in [0, 0.05) is 12.1 Å². The van der Waals surface area contributed by atoms with Crippen molar-refractivity contribution in [3.8, 4) is 5.75 Å². The molecule has 2 unspecified atom stereocenters. The summed E-state index contributed by atoms with van der Waals surface area (Å²) >= 11 is 1.76. The highest BCUT2D eigenvalue weighted by Gasteiger charge is 2.10. The van der Waals surface area contributed by atoms with E-state index in [0.29, 0.717) is 12.1 Å². The highest BCUT2D eigenvalue weighted by Crippen LogP contribution is 2.18. The number of benzene rings is 1. The molecule has 0 aliphatic carbocycles. The maximum Gasteiger partial charge on any atom is 0.118 e. The molecule has 0 saturated heterocycles. The largest absolute Gasteiger partial charge is 0.497 e. The molecule has 1 aromatic heterocycles. The molecule has 0 bridgehead atoms. The molecule has 2 nitrogen and oxygen atoms in total. The van der Waals surface area contributed by atoms with Crippen molar-refractivity contribution in [1.82, 2.24) is 5.32 Å². The van der Waals surface area contributed by atoms with Crippen LogP contribution >= 0.6 is 11.3 Å². The molecule has 102 valence electrons. The van der Waals surface area contributed by atoms with Gasteiger partial charge in [0.25, 0.3) is 0 Å². The van der Waals surface area contributed by atoms with Crippen LogP contribution in [-0.4, -0.2) is 13.2 Å². The Morgan fingerprint density at radius 3 is 2.47 bits per heavy atom. The van der Waals surface area contributed by atoms with E-state index in [1.54, 1.807) is 18.4 Å². The Morgan fingerprint density at radius 1 is 1.16 bits per heavy atom. The van der Waals surface area contributed by atoms with E-state index in [1.165, 1.54) is 11.1 Å². The first-order valence-electron chi connectivity index (χ1n) is 6.60. The minimum atomic E-state index is 0.347. The Hall–Kier alpha value is -1.32. The number of thiophene rings is 1. The molecule has 1 N–H and O–H groups in total. The number of rotatable bonds is 6. The van der Waals surface area contributed by atoms with Crippen LogP contribution in [0.15, 0.2) is 41.1 Å². The lowest BCUT2D eigenvalue weighted by Crippen LogP contribution is -2.30. The number of ether oxygens (including phenoxy) is 1. The quantitative estimate of drug-likeness (QED) is 0.859. The Labute approximate surface area is 119 Å². The number of hydrogen-bond acceptors (Lipinski definition) is 3. The van der Waals surface area contributed by atoms with Gasteiger partial charge in [-0.15, -0.1) is 0 Å². The van der Waals surface area contributed by atoms with E-state index in [4.69, 9.17) is 4.74 Å². The summed E-state index contributed by atoms with van der Waals surface area (Å²) in [5.41, 5.74) is 2.70. The molecular weight excluding hydrogens is 254 g/mol. The summed E-state index contributed by atoms with van der Waals surface area (Å²) in [7, 11) is 1.69. The molecule has 3 heteroatoms. The van der Waals surface area contributed by atoms with Crippen molar-refractivity contribution in [2.45, 2.75) is 32.4 Å². The molecule has 0 radical (unpaired) electrons. The van der Waals surface area contributed by atoms with Gasteiger partial charge < -0.3 is 10.1 Å². The summed E-state index contributed by atoms with van der Waals surface area (Å²) in [6, 6.07) is 11.3. The molecule has 0 amide bonds. The summed E-state index contributed by atoms with van der Waals surface area (Å²) < 4.78 is 5.18. The van der Waals surface area contributed by atoms with Gasteiger partial charge in [0.05, 0.1) is 7.11 Å². The first-order valence-corrected chi connectivity index (χ1v) is 7.54. The summed E-state index contributed by atoms with van der Waals surface area (Å²) in [6.45, 7) is 4.43. The van der Waals surface area contributed by atoms with Crippen LogP contribution in [0.25, 0.3) is 0 Å². The smallest absolute Gasteiger partial charge is 0.118 e. The van der Waals surface area contributed by atoms with Gasteiger partial charge in [-0.2, -0.15) is 11.3 Å². The molecular formula is C16H21NOS. The minimum Gasteiger partial charge on any atom is -0.497 e. The monoisotopic (exact) mass is 275 g/mol. The van der Waals surface area contributed by atoms with Crippen molar-refractivity contribution in [2.75, 3.05) is 7.11 Å². The third kappa shape index (κ3) is 4.08. The average Bonchev–Trinajstić information content (AvgIpc) is 2.91. The lowest BCUT2D eigenvalue weighted by molar-refractivity contribution is 0.414. The van der Waals surface area contributed by atoms with Crippen LogP contribution in [0.2, 0.25) is 0 Å². The Balaban J connectivity index is 1.90. The summed E-state index contributed by atoms with van der Waals surface area (Å²) in [5, 5.41) is 7.99. The standard InChI is InChI=1S/C16H21NOS/c1-12(10-14-8-9-19-11-14)17-13(2)15-4-6-16(18-3)7-5-15/h4-9,11-13,17H,10H2,1-3H3. The zero-order chi connectivity index (χ0) is 13.7. The molecule has 1 aromatic carbocycles. The summed E-state index contributed by atoms with van der Waals surface area (Å²) in [6.07, 6.45) is 1.07. The van der Waals surface area contributed by atoms with Crippen LogP contribution in [0.5, 0.6) is 5.75 Å². The molecule has 0 aliphatic heterocycles. The Bertz CT molecular complexity index is 478. The van der Waals surface area contributed by atoms with Gasteiger partial charge in [0.15, 0.2) is 0 Å². The van der Waals surface area contributed by atoms with Crippen LogP contribution in [0.1, 0.15) is 31.0 Å². The van der Waals surface area contributed by atoms with Gasteiger partial charge in [0.2, 0.25) is 0 Å². The second-order valence-corrected chi connectivity index (χ2v) is 5.68. The molecule has 1 heterocycles. The second-order valence-electron chi connectivity index (χ2n) is 4.90. The van der Waals surface area contributed by atoms with Gasteiger partial charge in [0.1, 0.15) is 5.75 Å². The van der Waals surface area contributed by atoms with Crippen molar-refractivity contribution >= 4 is 11.3 Å². The van der Waals surface area contributed by atoms with Gasteiger partial charge >= 0.3 is 0 Å². The van der Waals surface area contributed by atoms with Crippen LogP contribution in [0, 0.1) is 0 Å². The maximum atomic E-state index is 5.18. The van der Waals surface area contributed by atoms with Crippen LogP contribution in [0.3, 0.4) is 0 Å². The molecule has 0 aliphatic rings. The van der Waals surface area contributed by atoms with E-state index >= 15 is 0 Å². The van der Waals surface area contributed by atoms with E-state index in [2.05, 4.69) is 48.1 Å². The van der Waals surface area contributed by atoms with Gasteiger partial charge in [-0.25, -0.2) is 0 Å². The Morgan fingerprint density at radius 2 is 1.89 bits per heavy atom. The fraction of sp³-hybridized carbons (Fsp3) is 0.375. The molecule has 0 saturated carbocycles. The average molecular weight is 275 g/mol. The van der Waals surface area contributed by atoms with E-state index in [9.17, 15) is 0 Å². The second kappa shape index (κ2) is 6.73. The predicted molar refractivity (Wildman–Crippen MR) is 82.0 cm³/mol. The van der Waals surface area contributed by atoms with Crippen LogP contribution in [0.4, 0.5) is 0 Å². The third-order valence-electron chi connectivity index (χ3n) is 3.27. The van der Waals surface area contributed by atoms with Crippen molar-refractivity contribution in [3.05, 3.63) is 52.2 Å². The van der Waals surface area contributed by atoms with Crippen LogP contribution < -0.4 is 10.1 Å². The topological polar surface area (TPSA) is 21.3 Å². The first kappa shape index (κ1) is 14.1. The van der Waals surface area contributed by atoms with E-state index < -0.39 is 0 Å². The van der Waals surface area contributed by atoms with Crippen molar-refractivity contribution in [3.63, 3.8) is 0 Å². The van der Waals surface area contributed by atoms with Crippen LogP contribution in [-0.2, 0) is 6.42 Å². The fourth-order valence-electron chi connectivity index (χ4n) is 2.24. The van der Waals surface area contributed by atoms with Crippen molar-refractivity contribution in [1.29, 1.82) is 0 Å².